The van der Waals surface area contributed by atoms with Gasteiger partial charge in [-0.15, -0.1) is 0 Å². The maximum atomic E-state index is 12.8. The molecule has 7 atom stereocenters. The Morgan fingerprint density at radius 3 is 2.50 bits per heavy atom. The van der Waals surface area contributed by atoms with E-state index in [9.17, 15) is 9.59 Å². The summed E-state index contributed by atoms with van der Waals surface area (Å²) in [5.74, 6) is 3.40. The molecule has 0 amide bonds. The van der Waals surface area contributed by atoms with E-state index in [1.54, 1.807) is 0 Å². The first-order valence-corrected chi connectivity index (χ1v) is 11.0. The minimum atomic E-state index is -0.0918. The van der Waals surface area contributed by atoms with Gasteiger partial charge in [-0.2, -0.15) is 0 Å². The highest BCUT2D eigenvalue weighted by molar-refractivity contribution is 5.91. The highest BCUT2D eigenvalue weighted by Gasteiger charge is 2.65. The number of ketones is 2. The molecule has 0 saturated heterocycles. The molecule has 26 heavy (non-hydrogen) atoms. The van der Waals surface area contributed by atoms with Gasteiger partial charge in [0.15, 0.2) is 5.78 Å². The van der Waals surface area contributed by atoms with Gasteiger partial charge in [-0.25, -0.2) is 0 Å². The van der Waals surface area contributed by atoms with Crippen LogP contribution in [0.15, 0.2) is 11.6 Å². The highest BCUT2D eigenvalue weighted by Crippen LogP contribution is 2.71. The van der Waals surface area contributed by atoms with E-state index in [1.165, 1.54) is 31.3 Å². The molecule has 0 unspecified atom stereocenters. The molecule has 4 rings (SSSR count). The maximum absolute atomic E-state index is 12.8. The number of Topliss-reactive ketones (excluding diaryl/α,β-unsaturated/α-hetero) is 1. The fourth-order valence-corrected chi connectivity index (χ4v) is 8.53. The van der Waals surface area contributed by atoms with Crippen molar-refractivity contribution in [3.8, 4) is 0 Å². The predicted molar refractivity (Wildman–Crippen MR) is 105 cm³/mol. The summed E-state index contributed by atoms with van der Waals surface area (Å²) in [5.41, 5.74) is 1.75. The molecule has 0 bridgehead atoms. The zero-order valence-electron chi connectivity index (χ0n) is 17.4. The van der Waals surface area contributed by atoms with Gasteiger partial charge in [-0.05, 0) is 92.4 Å². The van der Waals surface area contributed by atoms with E-state index in [0.717, 1.165) is 31.6 Å². The molecular weight excluding hydrogens is 320 g/mol. The molecule has 0 aromatic carbocycles. The lowest BCUT2D eigenvalue weighted by molar-refractivity contribution is -0.142. The van der Waals surface area contributed by atoms with E-state index in [2.05, 4.69) is 27.7 Å². The molecule has 0 spiro atoms. The average Bonchev–Trinajstić information content (AvgIpc) is 2.90. The van der Waals surface area contributed by atoms with Crippen molar-refractivity contribution in [2.45, 2.75) is 86.0 Å². The molecule has 4 aliphatic carbocycles. The number of hydrogen-bond donors (Lipinski definition) is 0. The van der Waals surface area contributed by atoms with Gasteiger partial charge in [-0.1, -0.05) is 33.3 Å². The van der Waals surface area contributed by atoms with Crippen LogP contribution in [0, 0.1) is 39.9 Å². The quantitative estimate of drug-likeness (QED) is 0.631. The first-order valence-electron chi connectivity index (χ1n) is 11.0. The summed E-state index contributed by atoms with van der Waals surface area (Å²) in [4.78, 5) is 24.8. The Balaban J connectivity index is 1.74. The summed E-state index contributed by atoms with van der Waals surface area (Å²) in [7, 11) is 0. The normalized spacial score (nSPS) is 50.5. The molecular formula is C24H36O2. The van der Waals surface area contributed by atoms with E-state index < -0.39 is 0 Å². The van der Waals surface area contributed by atoms with Crippen molar-refractivity contribution >= 4 is 11.6 Å². The zero-order chi connectivity index (χ0) is 18.9. The molecule has 144 valence electrons. The van der Waals surface area contributed by atoms with Crippen LogP contribution in [0.5, 0.6) is 0 Å². The number of allylic oxidation sites excluding steroid dienone is 1. The van der Waals surface area contributed by atoms with Crippen molar-refractivity contribution in [2.75, 3.05) is 0 Å². The Labute approximate surface area is 159 Å². The third-order valence-corrected chi connectivity index (χ3v) is 9.92. The van der Waals surface area contributed by atoms with Crippen molar-refractivity contribution in [2.24, 2.45) is 39.9 Å². The first-order chi connectivity index (χ1) is 12.2. The van der Waals surface area contributed by atoms with Gasteiger partial charge in [0.25, 0.3) is 0 Å². The number of hydrogen-bond acceptors (Lipinski definition) is 2. The van der Waals surface area contributed by atoms with Gasteiger partial charge < -0.3 is 0 Å². The molecule has 4 aliphatic rings. The highest BCUT2D eigenvalue weighted by atomic mass is 16.1. The van der Waals surface area contributed by atoms with Gasteiger partial charge >= 0.3 is 0 Å². The number of fused-ring (bicyclic) bond motifs is 5. The predicted octanol–water partition coefficient (Wildman–Crippen LogP) is 5.75. The lowest BCUT2D eigenvalue weighted by Gasteiger charge is -2.61. The Kier molecular flexibility index (Phi) is 4.11. The fraction of sp³-hybridized carbons (Fsp3) is 0.833. The monoisotopic (exact) mass is 356 g/mol. The Bertz CT molecular complexity index is 676. The van der Waals surface area contributed by atoms with Gasteiger partial charge in [-0.3, -0.25) is 9.59 Å². The summed E-state index contributed by atoms with van der Waals surface area (Å²) >= 11 is 0. The molecule has 0 heterocycles. The van der Waals surface area contributed by atoms with Crippen molar-refractivity contribution in [3.05, 3.63) is 11.6 Å². The molecule has 3 saturated carbocycles. The summed E-state index contributed by atoms with van der Waals surface area (Å²) in [6, 6.07) is 0. The second-order valence-electron chi connectivity index (χ2n) is 10.5. The van der Waals surface area contributed by atoms with Crippen LogP contribution in [-0.2, 0) is 9.59 Å². The van der Waals surface area contributed by atoms with E-state index in [1.807, 2.05) is 13.0 Å². The van der Waals surface area contributed by atoms with Crippen molar-refractivity contribution in [1.82, 2.24) is 0 Å². The summed E-state index contributed by atoms with van der Waals surface area (Å²) in [6.07, 6.45) is 10.7. The number of carbonyl (C=O) groups excluding carboxylic acids is 2. The Hall–Kier alpha value is -0.920. The second-order valence-corrected chi connectivity index (χ2v) is 10.5. The minimum absolute atomic E-state index is 0.0918. The lowest BCUT2D eigenvalue weighted by atomic mass is 9.43. The van der Waals surface area contributed by atoms with Crippen LogP contribution in [-0.4, -0.2) is 11.6 Å². The summed E-state index contributed by atoms with van der Waals surface area (Å²) in [5, 5.41) is 0. The molecule has 3 fully saturated rings. The number of rotatable bonds is 2. The topological polar surface area (TPSA) is 34.1 Å². The number of carbonyl (C=O) groups is 2. The smallest absolute Gasteiger partial charge is 0.155 e. The SMILES string of the molecule is CC[C@]1(C(C)=O)CC[C@H]2[C@@H]3C[C@H](C)C4=CC(=O)CC[C@]4(C)[C@H]3CC[C@@]21C. The van der Waals surface area contributed by atoms with Crippen LogP contribution in [0.3, 0.4) is 0 Å². The summed E-state index contributed by atoms with van der Waals surface area (Å²) in [6.45, 7) is 11.3. The van der Waals surface area contributed by atoms with Crippen LogP contribution in [0.4, 0.5) is 0 Å². The van der Waals surface area contributed by atoms with Crippen molar-refractivity contribution in [1.29, 1.82) is 0 Å². The van der Waals surface area contributed by atoms with Gasteiger partial charge in [0, 0.05) is 11.8 Å². The molecule has 2 heteroatoms. The van der Waals surface area contributed by atoms with Gasteiger partial charge in [0.05, 0.1) is 0 Å². The first kappa shape index (κ1) is 18.4. The molecule has 0 radical (unpaired) electrons. The van der Waals surface area contributed by atoms with Crippen molar-refractivity contribution < 1.29 is 9.59 Å². The largest absolute Gasteiger partial charge is 0.299 e. The van der Waals surface area contributed by atoms with Crippen LogP contribution < -0.4 is 0 Å². The van der Waals surface area contributed by atoms with E-state index in [-0.39, 0.29) is 16.2 Å². The maximum Gasteiger partial charge on any atom is 0.155 e. The van der Waals surface area contributed by atoms with Gasteiger partial charge in [0.1, 0.15) is 5.78 Å². The Morgan fingerprint density at radius 2 is 1.85 bits per heavy atom. The second kappa shape index (κ2) is 5.79. The van der Waals surface area contributed by atoms with Gasteiger partial charge in [0.2, 0.25) is 0 Å². The van der Waals surface area contributed by atoms with Crippen LogP contribution in [0.1, 0.15) is 86.0 Å². The Morgan fingerprint density at radius 1 is 1.15 bits per heavy atom. The third-order valence-electron chi connectivity index (χ3n) is 9.92. The third kappa shape index (κ3) is 2.11. The van der Waals surface area contributed by atoms with E-state index in [0.29, 0.717) is 29.3 Å². The average molecular weight is 357 g/mol. The van der Waals surface area contributed by atoms with Crippen molar-refractivity contribution in [3.63, 3.8) is 0 Å². The molecule has 0 N–H and O–H groups in total. The molecule has 0 aromatic heterocycles. The summed E-state index contributed by atoms with van der Waals surface area (Å²) < 4.78 is 0. The molecule has 0 aliphatic heterocycles. The molecule has 0 aromatic rings. The molecule has 2 nitrogen and oxygen atoms in total. The van der Waals surface area contributed by atoms with E-state index >= 15 is 0 Å². The van der Waals surface area contributed by atoms with Crippen LogP contribution in [0.2, 0.25) is 0 Å². The standard InChI is InChI=1S/C24H36O2/c1-6-24(16(3)25)12-9-20-18-13-15(2)21-14-17(26)7-10-22(21,4)19(18)8-11-23(20,24)5/h14-15,18-20H,6-13H2,1-5H3/t15-,18+,19-,20-,22+,23-,24+/m0/s1. The van der Waals surface area contributed by atoms with E-state index in [4.69, 9.17) is 0 Å². The van der Waals surface area contributed by atoms with Crippen LogP contribution >= 0.6 is 0 Å². The van der Waals surface area contributed by atoms with Crippen LogP contribution in [0.25, 0.3) is 0 Å². The lowest BCUT2D eigenvalue weighted by Crippen LogP contribution is -2.55. The fourth-order valence-electron chi connectivity index (χ4n) is 8.53. The zero-order valence-corrected chi connectivity index (χ0v) is 17.4. The minimum Gasteiger partial charge on any atom is -0.299 e.